The van der Waals surface area contributed by atoms with Gasteiger partial charge in [-0.05, 0) is 58.2 Å². The summed E-state index contributed by atoms with van der Waals surface area (Å²) in [5, 5.41) is 13.4. The average molecular weight is 212 g/mol. The molecule has 1 heterocycles. The van der Waals surface area contributed by atoms with Crippen LogP contribution in [0.3, 0.4) is 0 Å². The van der Waals surface area contributed by atoms with Gasteiger partial charge in [0.2, 0.25) is 0 Å². The van der Waals surface area contributed by atoms with Gasteiger partial charge in [-0.25, -0.2) is 0 Å². The molecule has 0 amide bonds. The van der Waals surface area contributed by atoms with Crippen molar-refractivity contribution < 1.29 is 5.11 Å². The highest BCUT2D eigenvalue weighted by molar-refractivity contribution is 4.89. The van der Waals surface area contributed by atoms with Crippen LogP contribution < -0.4 is 5.32 Å². The summed E-state index contributed by atoms with van der Waals surface area (Å²) >= 11 is 0. The largest absolute Gasteiger partial charge is 0.389 e. The third-order valence-electron chi connectivity index (χ3n) is 3.89. The molecule has 2 N–H and O–H groups in total. The summed E-state index contributed by atoms with van der Waals surface area (Å²) in [4.78, 5) is 2.41. The lowest BCUT2D eigenvalue weighted by molar-refractivity contribution is -0.0321. The first-order valence-electron chi connectivity index (χ1n) is 6.30. The summed E-state index contributed by atoms with van der Waals surface area (Å²) in [5.74, 6) is 0.785. The standard InChI is InChI=1S/C12H24N2O/c1-14-7-2-4-11(9-14)8-13-10-12(15)5-3-6-12/h11,13,15H,2-10H2,1H3. The van der Waals surface area contributed by atoms with E-state index >= 15 is 0 Å². The van der Waals surface area contributed by atoms with E-state index in [1.165, 1.54) is 32.4 Å². The van der Waals surface area contributed by atoms with Gasteiger partial charge < -0.3 is 15.3 Å². The lowest BCUT2D eigenvalue weighted by atomic mass is 9.80. The van der Waals surface area contributed by atoms with Gasteiger partial charge in [0.1, 0.15) is 0 Å². The SMILES string of the molecule is CN1CCCC(CNCC2(O)CCC2)C1. The van der Waals surface area contributed by atoms with E-state index in [9.17, 15) is 5.11 Å². The van der Waals surface area contributed by atoms with Crippen molar-refractivity contribution in [2.75, 3.05) is 33.2 Å². The Bertz CT molecular complexity index is 204. The molecule has 1 saturated carbocycles. The van der Waals surface area contributed by atoms with Gasteiger partial charge in [-0.15, -0.1) is 0 Å². The molecule has 3 nitrogen and oxygen atoms in total. The lowest BCUT2D eigenvalue weighted by Crippen LogP contribution is -2.48. The van der Waals surface area contributed by atoms with Gasteiger partial charge in [0.25, 0.3) is 0 Å². The van der Waals surface area contributed by atoms with Crippen LogP contribution in [0.5, 0.6) is 0 Å². The summed E-state index contributed by atoms with van der Waals surface area (Å²) in [6.07, 6.45) is 5.85. The second kappa shape index (κ2) is 4.81. The van der Waals surface area contributed by atoms with Crippen molar-refractivity contribution >= 4 is 0 Å². The first kappa shape index (κ1) is 11.4. The molecule has 1 atom stereocenters. The molecule has 0 aromatic carbocycles. The number of hydrogen-bond acceptors (Lipinski definition) is 3. The minimum absolute atomic E-state index is 0.361. The number of hydrogen-bond donors (Lipinski definition) is 2. The van der Waals surface area contributed by atoms with Crippen LogP contribution in [0.2, 0.25) is 0 Å². The Morgan fingerprint density at radius 1 is 1.40 bits per heavy atom. The van der Waals surface area contributed by atoms with Crippen LogP contribution in [-0.2, 0) is 0 Å². The van der Waals surface area contributed by atoms with Crippen LogP contribution in [0.1, 0.15) is 32.1 Å². The smallest absolute Gasteiger partial charge is 0.0771 e. The molecule has 3 heteroatoms. The summed E-state index contributed by atoms with van der Waals surface area (Å²) in [6, 6.07) is 0. The maximum Gasteiger partial charge on any atom is 0.0771 e. The predicted octanol–water partition coefficient (Wildman–Crippen LogP) is 0.833. The molecule has 1 saturated heterocycles. The van der Waals surface area contributed by atoms with Crippen molar-refractivity contribution in [3.63, 3.8) is 0 Å². The molecule has 88 valence electrons. The summed E-state index contributed by atoms with van der Waals surface area (Å²) < 4.78 is 0. The van der Waals surface area contributed by atoms with Crippen LogP contribution in [-0.4, -0.2) is 48.8 Å². The average Bonchev–Trinajstić information content (AvgIpc) is 2.15. The van der Waals surface area contributed by atoms with Crippen LogP contribution in [0.4, 0.5) is 0 Å². The van der Waals surface area contributed by atoms with Crippen molar-refractivity contribution in [1.29, 1.82) is 0 Å². The van der Waals surface area contributed by atoms with Gasteiger partial charge in [0.15, 0.2) is 0 Å². The fraction of sp³-hybridized carbons (Fsp3) is 1.00. The quantitative estimate of drug-likeness (QED) is 0.724. The van der Waals surface area contributed by atoms with E-state index in [0.29, 0.717) is 0 Å². The maximum absolute atomic E-state index is 9.92. The van der Waals surface area contributed by atoms with Crippen molar-refractivity contribution in [3.8, 4) is 0 Å². The Morgan fingerprint density at radius 2 is 2.20 bits per heavy atom. The number of nitrogens with one attached hydrogen (secondary N) is 1. The zero-order chi connectivity index (χ0) is 10.7. The van der Waals surface area contributed by atoms with Gasteiger partial charge in [-0.3, -0.25) is 0 Å². The highest BCUT2D eigenvalue weighted by atomic mass is 16.3. The zero-order valence-corrected chi connectivity index (χ0v) is 9.84. The highest BCUT2D eigenvalue weighted by Crippen LogP contribution is 2.30. The van der Waals surface area contributed by atoms with Crippen molar-refractivity contribution in [1.82, 2.24) is 10.2 Å². The van der Waals surface area contributed by atoms with Crippen LogP contribution in [0.25, 0.3) is 0 Å². The molecule has 15 heavy (non-hydrogen) atoms. The summed E-state index contributed by atoms with van der Waals surface area (Å²) in [6.45, 7) is 4.34. The molecule has 0 aromatic heterocycles. The second-order valence-corrected chi connectivity index (χ2v) is 5.48. The number of rotatable bonds is 4. The van der Waals surface area contributed by atoms with Crippen LogP contribution in [0.15, 0.2) is 0 Å². The van der Waals surface area contributed by atoms with Crippen molar-refractivity contribution in [3.05, 3.63) is 0 Å². The summed E-state index contributed by atoms with van der Waals surface area (Å²) in [5.41, 5.74) is -0.361. The number of nitrogens with zero attached hydrogens (tertiary/aromatic N) is 1. The Balaban J connectivity index is 1.60. The summed E-state index contributed by atoms with van der Waals surface area (Å²) in [7, 11) is 2.20. The Labute approximate surface area is 92.8 Å². The van der Waals surface area contributed by atoms with E-state index in [1.807, 2.05) is 0 Å². The zero-order valence-electron chi connectivity index (χ0n) is 9.84. The maximum atomic E-state index is 9.92. The van der Waals surface area contributed by atoms with E-state index in [2.05, 4.69) is 17.3 Å². The van der Waals surface area contributed by atoms with Crippen LogP contribution >= 0.6 is 0 Å². The van der Waals surface area contributed by atoms with E-state index in [4.69, 9.17) is 0 Å². The molecule has 2 rings (SSSR count). The van der Waals surface area contributed by atoms with Gasteiger partial charge >= 0.3 is 0 Å². The normalized spacial score (nSPS) is 31.2. The molecule has 1 aliphatic heterocycles. The Kier molecular flexibility index (Phi) is 3.65. The minimum Gasteiger partial charge on any atom is -0.389 e. The highest BCUT2D eigenvalue weighted by Gasteiger charge is 2.33. The molecule has 2 aliphatic rings. The molecule has 1 aliphatic carbocycles. The van der Waals surface area contributed by atoms with E-state index in [0.717, 1.165) is 31.8 Å². The van der Waals surface area contributed by atoms with Crippen molar-refractivity contribution in [2.45, 2.75) is 37.7 Å². The van der Waals surface area contributed by atoms with Gasteiger partial charge in [-0.1, -0.05) is 0 Å². The number of aliphatic hydroxyl groups is 1. The van der Waals surface area contributed by atoms with Gasteiger partial charge in [0.05, 0.1) is 5.60 Å². The molecular formula is C12H24N2O. The van der Waals surface area contributed by atoms with E-state index in [1.54, 1.807) is 0 Å². The van der Waals surface area contributed by atoms with E-state index in [-0.39, 0.29) is 5.60 Å². The second-order valence-electron chi connectivity index (χ2n) is 5.48. The number of likely N-dealkylation sites (tertiary alicyclic amines) is 1. The molecule has 0 spiro atoms. The first-order chi connectivity index (χ1) is 7.18. The molecule has 0 radical (unpaired) electrons. The fourth-order valence-electron chi connectivity index (χ4n) is 2.71. The monoisotopic (exact) mass is 212 g/mol. The van der Waals surface area contributed by atoms with Crippen molar-refractivity contribution in [2.24, 2.45) is 5.92 Å². The third-order valence-corrected chi connectivity index (χ3v) is 3.89. The Hall–Kier alpha value is -0.120. The fourth-order valence-corrected chi connectivity index (χ4v) is 2.71. The number of piperidine rings is 1. The Morgan fingerprint density at radius 3 is 2.80 bits per heavy atom. The molecule has 2 fully saturated rings. The minimum atomic E-state index is -0.361. The third kappa shape index (κ3) is 3.16. The van der Waals surface area contributed by atoms with Gasteiger partial charge in [-0.2, -0.15) is 0 Å². The molecule has 0 bridgehead atoms. The first-order valence-corrected chi connectivity index (χ1v) is 6.30. The lowest BCUT2D eigenvalue weighted by Gasteiger charge is -2.37. The van der Waals surface area contributed by atoms with Gasteiger partial charge in [0, 0.05) is 13.1 Å². The molecular weight excluding hydrogens is 188 g/mol. The van der Waals surface area contributed by atoms with E-state index < -0.39 is 0 Å². The van der Waals surface area contributed by atoms with Crippen LogP contribution in [0, 0.1) is 5.92 Å². The topological polar surface area (TPSA) is 35.5 Å². The molecule has 1 unspecified atom stereocenters. The predicted molar refractivity (Wildman–Crippen MR) is 61.9 cm³/mol. The molecule has 0 aromatic rings.